The number of nitrogens with one attached hydrogen (secondary N) is 1. The predicted molar refractivity (Wildman–Crippen MR) is 82.1 cm³/mol. The quantitative estimate of drug-likeness (QED) is 0.656. The van der Waals surface area contributed by atoms with E-state index in [1.54, 1.807) is 36.4 Å². The summed E-state index contributed by atoms with van der Waals surface area (Å²) in [7, 11) is 0. The fourth-order valence-corrected chi connectivity index (χ4v) is 2.80. The second-order valence-electron chi connectivity index (χ2n) is 4.13. The van der Waals surface area contributed by atoms with Crippen molar-refractivity contribution < 1.29 is 13.2 Å². The number of hydrogen-bond donors (Lipinski definition) is 1. The van der Waals surface area contributed by atoms with Crippen LogP contribution in [0.3, 0.4) is 0 Å². The Labute approximate surface area is 134 Å². The topological polar surface area (TPSA) is 12.0 Å². The van der Waals surface area contributed by atoms with Crippen molar-refractivity contribution in [3.8, 4) is 0 Å². The van der Waals surface area contributed by atoms with E-state index >= 15 is 0 Å². The van der Waals surface area contributed by atoms with Crippen molar-refractivity contribution >= 4 is 40.7 Å². The van der Waals surface area contributed by atoms with Crippen LogP contribution in [0, 0.1) is 0 Å². The van der Waals surface area contributed by atoms with Gasteiger partial charge in [-0.1, -0.05) is 41.4 Å². The summed E-state index contributed by atoms with van der Waals surface area (Å²) in [6.45, 7) is 0.311. The minimum atomic E-state index is -4.32. The molecule has 0 atom stereocenters. The lowest BCUT2D eigenvalue weighted by Gasteiger charge is -2.13. The molecule has 0 saturated carbocycles. The Morgan fingerprint density at radius 3 is 2.43 bits per heavy atom. The Hall–Kier alpha value is -1.04. The Morgan fingerprint density at radius 2 is 1.76 bits per heavy atom. The Kier molecular flexibility index (Phi) is 5.30. The molecule has 0 saturated heterocycles. The molecule has 7 heteroatoms. The minimum absolute atomic E-state index is 0.120. The first kappa shape index (κ1) is 16.3. The molecule has 0 aliphatic rings. The second kappa shape index (κ2) is 6.81. The fraction of sp³-hybridized carbons (Fsp3) is 0.143. The van der Waals surface area contributed by atoms with Crippen LogP contribution >= 0.6 is 35.0 Å². The van der Waals surface area contributed by atoms with Gasteiger partial charge in [-0.15, -0.1) is 0 Å². The predicted octanol–water partition coefficient (Wildman–Crippen LogP) is 6.22. The van der Waals surface area contributed by atoms with Crippen LogP contribution in [-0.2, 0) is 6.54 Å². The molecule has 0 aliphatic heterocycles. The summed E-state index contributed by atoms with van der Waals surface area (Å²) in [5, 5.41) is 3.94. The summed E-state index contributed by atoms with van der Waals surface area (Å²) in [5.74, 6) is 0. The molecule has 0 aliphatic carbocycles. The maximum Gasteiger partial charge on any atom is 0.446 e. The Morgan fingerprint density at radius 1 is 1.05 bits per heavy atom. The van der Waals surface area contributed by atoms with Gasteiger partial charge in [0.1, 0.15) is 0 Å². The number of thioether (sulfide) groups is 1. The first-order valence-electron chi connectivity index (χ1n) is 5.88. The van der Waals surface area contributed by atoms with Gasteiger partial charge in [-0.05, 0) is 41.6 Å². The molecule has 2 aromatic rings. The van der Waals surface area contributed by atoms with E-state index in [2.05, 4.69) is 5.32 Å². The van der Waals surface area contributed by atoms with Gasteiger partial charge in [-0.25, -0.2) is 0 Å². The van der Waals surface area contributed by atoms with Crippen molar-refractivity contribution in [1.29, 1.82) is 0 Å². The van der Waals surface area contributed by atoms with Gasteiger partial charge < -0.3 is 5.32 Å². The zero-order chi connectivity index (χ0) is 15.5. The molecule has 112 valence electrons. The van der Waals surface area contributed by atoms with Gasteiger partial charge in [0.2, 0.25) is 0 Å². The molecule has 0 radical (unpaired) electrons. The number of halogens is 5. The van der Waals surface area contributed by atoms with Gasteiger partial charge >= 0.3 is 5.51 Å². The molecule has 0 spiro atoms. The molecular weight excluding hydrogens is 342 g/mol. The number of para-hydroxylation sites is 1. The summed E-state index contributed by atoms with van der Waals surface area (Å²) in [4.78, 5) is 0.120. The number of anilines is 1. The van der Waals surface area contributed by atoms with Gasteiger partial charge in [0, 0.05) is 27.2 Å². The van der Waals surface area contributed by atoms with Gasteiger partial charge in [-0.2, -0.15) is 13.2 Å². The average molecular weight is 352 g/mol. The van der Waals surface area contributed by atoms with Crippen LogP contribution in [0.1, 0.15) is 5.56 Å². The lowest BCUT2D eigenvalue weighted by molar-refractivity contribution is -0.0327. The molecule has 0 unspecified atom stereocenters. The first-order chi connectivity index (χ1) is 9.85. The monoisotopic (exact) mass is 351 g/mol. The molecular formula is C14H10Cl2F3NS. The van der Waals surface area contributed by atoms with Crippen molar-refractivity contribution in [2.24, 2.45) is 0 Å². The molecule has 2 aromatic carbocycles. The van der Waals surface area contributed by atoms with E-state index in [9.17, 15) is 13.2 Å². The van der Waals surface area contributed by atoms with E-state index in [1.165, 1.54) is 6.07 Å². The summed E-state index contributed by atoms with van der Waals surface area (Å²) >= 11 is 11.7. The van der Waals surface area contributed by atoms with Gasteiger partial charge in [0.25, 0.3) is 0 Å². The van der Waals surface area contributed by atoms with Crippen LogP contribution in [0.25, 0.3) is 0 Å². The zero-order valence-corrected chi connectivity index (χ0v) is 12.9. The van der Waals surface area contributed by atoms with Crippen LogP contribution < -0.4 is 5.32 Å². The van der Waals surface area contributed by atoms with Crippen molar-refractivity contribution in [2.45, 2.75) is 16.9 Å². The molecule has 0 amide bonds. The van der Waals surface area contributed by atoms with Gasteiger partial charge in [0.15, 0.2) is 0 Å². The molecule has 0 heterocycles. The van der Waals surface area contributed by atoms with Crippen LogP contribution in [0.4, 0.5) is 18.9 Å². The third-order valence-electron chi connectivity index (χ3n) is 2.60. The maximum absolute atomic E-state index is 12.5. The summed E-state index contributed by atoms with van der Waals surface area (Å²) in [5.41, 5.74) is -3.16. The van der Waals surface area contributed by atoms with E-state index < -0.39 is 5.51 Å². The zero-order valence-electron chi connectivity index (χ0n) is 10.5. The van der Waals surface area contributed by atoms with Crippen LogP contribution in [0.15, 0.2) is 47.4 Å². The molecule has 0 fully saturated rings. The van der Waals surface area contributed by atoms with Crippen LogP contribution in [0.5, 0.6) is 0 Å². The summed E-state index contributed by atoms with van der Waals surface area (Å²) < 4.78 is 37.5. The minimum Gasteiger partial charge on any atom is -0.380 e. The molecule has 2 rings (SSSR count). The van der Waals surface area contributed by atoms with Gasteiger partial charge in [0.05, 0.1) is 0 Å². The summed E-state index contributed by atoms with van der Waals surface area (Å²) in [6.07, 6.45) is 0. The van der Waals surface area contributed by atoms with Crippen molar-refractivity contribution in [2.75, 3.05) is 5.32 Å². The average Bonchev–Trinajstić information content (AvgIpc) is 2.37. The first-order valence-corrected chi connectivity index (χ1v) is 7.45. The van der Waals surface area contributed by atoms with E-state index in [-0.39, 0.29) is 16.7 Å². The van der Waals surface area contributed by atoms with E-state index in [0.717, 1.165) is 5.56 Å². The SMILES string of the molecule is FC(F)(F)Sc1ccccc1NCc1ccc(Cl)cc1Cl. The third-order valence-corrected chi connectivity index (χ3v) is 3.99. The van der Waals surface area contributed by atoms with Gasteiger partial charge in [-0.3, -0.25) is 0 Å². The second-order valence-corrected chi connectivity index (χ2v) is 6.08. The molecule has 0 bridgehead atoms. The van der Waals surface area contributed by atoms with E-state index in [4.69, 9.17) is 23.2 Å². The van der Waals surface area contributed by atoms with E-state index in [0.29, 0.717) is 22.3 Å². The highest BCUT2D eigenvalue weighted by Crippen LogP contribution is 2.40. The smallest absolute Gasteiger partial charge is 0.380 e. The fourth-order valence-electron chi connectivity index (χ4n) is 1.68. The normalized spacial score (nSPS) is 11.5. The lowest BCUT2D eigenvalue weighted by atomic mass is 10.2. The number of rotatable bonds is 4. The number of benzene rings is 2. The lowest BCUT2D eigenvalue weighted by Crippen LogP contribution is -2.04. The molecule has 0 aromatic heterocycles. The highest BCUT2D eigenvalue weighted by atomic mass is 35.5. The Bertz CT molecular complexity index is 632. The van der Waals surface area contributed by atoms with E-state index in [1.807, 2.05) is 0 Å². The molecule has 1 nitrogen and oxygen atoms in total. The van der Waals surface area contributed by atoms with Crippen molar-refractivity contribution in [3.63, 3.8) is 0 Å². The van der Waals surface area contributed by atoms with Crippen molar-refractivity contribution in [1.82, 2.24) is 0 Å². The third kappa shape index (κ3) is 5.02. The van der Waals surface area contributed by atoms with Crippen molar-refractivity contribution in [3.05, 3.63) is 58.1 Å². The standard InChI is InChI=1S/C14H10Cl2F3NS/c15-10-6-5-9(11(16)7-10)8-20-12-3-1-2-4-13(12)21-14(17,18)19/h1-7,20H,8H2. The Balaban J connectivity index is 2.13. The number of alkyl halides is 3. The number of hydrogen-bond acceptors (Lipinski definition) is 2. The highest BCUT2D eigenvalue weighted by Gasteiger charge is 2.30. The maximum atomic E-state index is 12.5. The molecule has 1 N–H and O–H groups in total. The van der Waals surface area contributed by atoms with Crippen LogP contribution in [-0.4, -0.2) is 5.51 Å². The molecule has 21 heavy (non-hydrogen) atoms. The largest absolute Gasteiger partial charge is 0.446 e. The van der Waals surface area contributed by atoms with Crippen LogP contribution in [0.2, 0.25) is 10.0 Å². The highest BCUT2D eigenvalue weighted by molar-refractivity contribution is 8.00. The summed E-state index contributed by atoms with van der Waals surface area (Å²) in [6, 6.07) is 11.3.